The molecule has 0 fully saturated rings. The van der Waals surface area contributed by atoms with Crippen LogP contribution in [0.2, 0.25) is 0 Å². The van der Waals surface area contributed by atoms with Gasteiger partial charge in [0.25, 0.3) is 5.91 Å². The fraction of sp³-hybridized carbons (Fsp3) is 0.231. The van der Waals surface area contributed by atoms with Crippen molar-refractivity contribution in [3.8, 4) is 5.88 Å². The molecule has 0 saturated heterocycles. The SMILES string of the molecule is CC(C)Oc1ncccc1NC(=O)c1cc(Br)c[nH]1. The summed E-state index contributed by atoms with van der Waals surface area (Å²) in [5.74, 6) is 0.170. The largest absolute Gasteiger partial charge is 0.473 e. The second kappa shape index (κ2) is 5.88. The summed E-state index contributed by atoms with van der Waals surface area (Å²) < 4.78 is 6.36. The van der Waals surface area contributed by atoms with Gasteiger partial charge in [0.05, 0.1) is 6.10 Å². The number of ether oxygens (including phenoxy) is 1. The van der Waals surface area contributed by atoms with Crippen LogP contribution in [0, 0.1) is 0 Å². The van der Waals surface area contributed by atoms with E-state index in [4.69, 9.17) is 4.74 Å². The molecule has 5 nitrogen and oxygen atoms in total. The first-order valence-corrected chi connectivity index (χ1v) is 6.62. The monoisotopic (exact) mass is 323 g/mol. The van der Waals surface area contributed by atoms with Gasteiger partial charge in [0.1, 0.15) is 11.4 Å². The van der Waals surface area contributed by atoms with Gasteiger partial charge in [0.15, 0.2) is 0 Å². The molecule has 0 unspecified atom stereocenters. The third kappa shape index (κ3) is 3.57. The normalized spacial score (nSPS) is 10.5. The molecule has 2 aromatic heterocycles. The van der Waals surface area contributed by atoms with Gasteiger partial charge in [0.2, 0.25) is 5.88 Å². The number of nitrogens with zero attached hydrogens (tertiary/aromatic N) is 1. The highest BCUT2D eigenvalue weighted by atomic mass is 79.9. The Kier molecular flexibility index (Phi) is 4.21. The molecule has 2 heterocycles. The van der Waals surface area contributed by atoms with Crippen LogP contribution in [0.5, 0.6) is 5.88 Å². The molecule has 0 radical (unpaired) electrons. The van der Waals surface area contributed by atoms with Gasteiger partial charge >= 0.3 is 0 Å². The molecule has 2 rings (SSSR count). The van der Waals surface area contributed by atoms with E-state index in [0.717, 1.165) is 4.47 Å². The van der Waals surface area contributed by atoms with E-state index in [1.54, 1.807) is 30.6 Å². The fourth-order valence-corrected chi connectivity index (χ4v) is 1.84. The third-order valence-electron chi connectivity index (χ3n) is 2.26. The summed E-state index contributed by atoms with van der Waals surface area (Å²) >= 11 is 3.28. The Morgan fingerprint density at radius 2 is 2.32 bits per heavy atom. The number of amides is 1. The number of halogens is 1. The highest BCUT2D eigenvalue weighted by Crippen LogP contribution is 2.22. The van der Waals surface area contributed by atoms with E-state index in [1.807, 2.05) is 13.8 Å². The number of aromatic amines is 1. The highest BCUT2D eigenvalue weighted by Gasteiger charge is 2.12. The van der Waals surface area contributed by atoms with E-state index in [2.05, 4.69) is 31.2 Å². The lowest BCUT2D eigenvalue weighted by Gasteiger charge is -2.13. The van der Waals surface area contributed by atoms with Gasteiger partial charge in [-0.15, -0.1) is 0 Å². The van der Waals surface area contributed by atoms with Gasteiger partial charge in [-0.05, 0) is 48.0 Å². The molecule has 1 amide bonds. The number of pyridine rings is 1. The number of H-pyrrole nitrogens is 1. The predicted octanol–water partition coefficient (Wildman–Crippen LogP) is 3.21. The van der Waals surface area contributed by atoms with E-state index < -0.39 is 0 Å². The Bertz CT molecular complexity index is 581. The number of hydrogen-bond donors (Lipinski definition) is 2. The maximum Gasteiger partial charge on any atom is 0.272 e. The average molecular weight is 324 g/mol. The van der Waals surface area contributed by atoms with Crippen molar-refractivity contribution in [2.45, 2.75) is 20.0 Å². The van der Waals surface area contributed by atoms with Crippen LogP contribution in [0.4, 0.5) is 5.69 Å². The van der Waals surface area contributed by atoms with Crippen LogP contribution >= 0.6 is 15.9 Å². The van der Waals surface area contributed by atoms with Gasteiger partial charge < -0.3 is 15.0 Å². The fourth-order valence-electron chi connectivity index (χ4n) is 1.49. The summed E-state index contributed by atoms with van der Waals surface area (Å²) in [5.41, 5.74) is 1.01. The van der Waals surface area contributed by atoms with Gasteiger partial charge in [-0.3, -0.25) is 4.79 Å². The van der Waals surface area contributed by atoms with Crippen LogP contribution in [0.1, 0.15) is 24.3 Å². The molecule has 0 spiro atoms. The smallest absolute Gasteiger partial charge is 0.272 e. The first-order chi connectivity index (χ1) is 9.06. The Morgan fingerprint density at radius 1 is 1.53 bits per heavy atom. The van der Waals surface area contributed by atoms with Crippen molar-refractivity contribution in [3.63, 3.8) is 0 Å². The molecule has 0 aliphatic carbocycles. The zero-order valence-electron chi connectivity index (χ0n) is 10.6. The molecule has 2 aromatic rings. The minimum Gasteiger partial charge on any atom is -0.473 e. The van der Waals surface area contributed by atoms with E-state index in [1.165, 1.54) is 0 Å². The summed E-state index contributed by atoms with van der Waals surface area (Å²) in [6, 6.07) is 5.20. The molecule has 0 aromatic carbocycles. The van der Waals surface area contributed by atoms with E-state index in [9.17, 15) is 4.79 Å². The topological polar surface area (TPSA) is 67.0 Å². The van der Waals surface area contributed by atoms with Crippen LogP contribution in [0.25, 0.3) is 0 Å². The van der Waals surface area contributed by atoms with Crippen molar-refractivity contribution < 1.29 is 9.53 Å². The first kappa shape index (κ1) is 13.6. The lowest BCUT2D eigenvalue weighted by Crippen LogP contribution is -2.15. The summed E-state index contributed by atoms with van der Waals surface area (Å²) in [6.45, 7) is 3.81. The molecule has 6 heteroatoms. The number of hydrogen-bond acceptors (Lipinski definition) is 3. The van der Waals surface area contributed by atoms with Crippen molar-refractivity contribution in [2.24, 2.45) is 0 Å². The number of carbonyl (C=O) groups excluding carboxylic acids is 1. The van der Waals surface area contributed by atoms with Gasteiger partial charge in [-0.2, -0.15) is 0 Å². The van der Waals surface area contributed by atoms with Crippen LogP contribution < -0.4 is 10.1 Å². The first-order valence-electron chi connectivity index (χ1n) is 5.83. The van der Waals surface area contributed by atoms with Crippen molar-refractivity contribution >= 4 is 27.5 Å². The number of nitrogens with one attached hydrogen (secondary N) is 2. The minimum absolute atomic E-state index is 0.00909. The molecule has 2 N–H and O–H groups in total. The number of anilines is 1. The van der Waals surface area contributed by atoms with Crippen LogP contribution in [0.3, 0.4) is 0 Å². The molecule has 0 aliphatic rings. The third-order valence-corrected chi connectivity index (χ3v) is 2.72. The molecular formula is C13H14BrN3O2. The predicted molar refractivity (Wildman–Crippen MR) is 76.4 cm³/mol. The Labute approximate surface area is 119 Å². The number of aromatic nitrogens is 2. The van der Waals surface area contributed by atoms with Crippen LogP contribution in [0.15, 0.2) is 35.1 Å². The quantitative estimate of drug-likeness (QED) is 0.907. The van der Waals surface area contributed by atoms with E-state index in [0.29, 0.717) is 17.3 Å². The Morgan fingerprint density at radius 3 is 2.95 bits per heavy atom. The van der Waals surface area contributed by atoms with Crippen molar-refractivity contribution in [1.29, 1.82) is 0 Å². The Hall–Kier alpha value is -1.82. The lowest BCUT2D eigenvalue weighted by molar-refractivity contribution is 0.102. The van der Waals surface area contributed by atoms with Crippen LogP contribution in [-0.4, -0.2) is 22.0 Å². The summed E-state index contributed by atoms with van der Waals surface area (Å²) in [7, 11) is 0. The molecule has 0 aliphatic heterocycles. The molecule has 0 saturated carbocycles. The zero-order chi connectivity index (χ0) is 13.8. The van der Waals surface area contributed by atoms with Gasteiger partial charge in [-0.25, -0.2) is 4.98 Å². The Balaban J connectivity index is 2.16. The highest BCUT2D eigenvalue weighted by molar-refractivity contribution is 9.10. The molecule has 0 atom stereocenters. The lowest BCUT2D eigenvalue weighted by atomic mass is 10.3. The molecule has 0 bridgehead atoms. The number of rotatable bonds is 4. The van der Waals surface area contributed by atoms with Crippen molar-refractivity contribution in [2.75, 3.05) is 5.32 Å². The summed E-state index contributed by atoms with van der Waals surface area (Å²) in [4.78, 5) is 19.0. The van der Waals surface area contributed by atoms with Crippen molar-refractivity contribution in [1.82, 2.24) is 9.97 Å². The average Bonchev–Trinajstić information content (AvgIpc) is 2.78. The molecule has 100 valence electrons. The molecular weight excluding hydrogens is 310 g/mol. The van der Waals surface area contributed by atoms with Crippen molar-refractivity contribution in [3.05, 3.63) is 40.8 Å². The van der Waals surface area contributed by atoms with Gasteiger partial charge in [0, 0.05) is 16.9 Å². The van der Waals surface area contributed by atoms with Gasteiger partial charge in [-0.1, -0.05) is 0 Å². The summed E-state index contributed by atoms with van der Waals surface area (Å²) in [6.07, 6.45) is 3.31. The maximum atomic E-state index is 12.0. The summed E-state index contributed by atoms with van der Waals surface area (Å²) in [5, 5.41) is 2.77. The van der Waals surface area contributed by atoms with E-state index >= 15 is 0 Å². The van der Waals surface area contributed by atoms with Crippen LogP contribution in [-0.2, 0) is 0 Å². The van der Waals surface area contributed by atoms with E-state index in [-0.39, 0.29) is 12.0 Å². The molecule has 19 heavy (non-hydrogen) atoms. The number of carbonyl (C=O) groups is 1. The standard InChI is InChI=1S/C13H14BrN3O2/c1-8(2)19-13-10(4-3-5-15-13)17-12(18)11-6-9(14)7-16-11/h3-8,16H,1-2H3,(H,17,18). The minimum atomic E-state index is -0.243. The zero-order valence-corrected chi connectivity index (χ0v) is 12.2. The maximum absolute atomic E-state index is 12.0. The second-order valence-corrected chi connectivity index (χ2v) is 5.12. The second-order valence-electron chi connectivity index (χ2n) is 4.21.